The molecule has 1 aromatic carbocycles. The molecule has 0 saturated carbocycles. The summed E-state index contributed by atoms with van der Waals surface area (Å²) in [5.41, 5.74) is 7.00. The molecule has 0 spiro atoms. The molecular weight excluding hydrogens is 245 g/mol. The van der Waals surface area contributed by atoms with Gasteiger partial charge in [-0.15, -0.1) is 0 Å². The highest BCUT2D eigenvalue weighted by Crippen LogP contribution is 2.22. The number of carbonyl (C=O) groups excluding carboxylic acids is 1. The third-order valence-corrected chi connectivity index (χ3v) is 2.51. The summed E-state index contributed by atoms with van der Waals surface area (Å²) in [5, 5.41) is 5.92. The molecular formula is C14H22FN3O. The quantitative estimate of drug-likeness (QED) is 0.734. The molecule has 19 heavy (non-hydrogen) atoms. The van der Waals surface area contributed by atoms with Crippen molar-refractivity contribution in [3.63, 3.8) is 0 Å². The number of hydrogen-bond donors (Lipinski definition) is 3. The van der Waals surface area contributed by atoms with Crippen molar-refractivity contribution in [2.24, 2.45) is 0 Å². The summed E-state index contributed by atoms with van der Waals surface area (Å²) in [7, 11) is 0. The van der Waals surface area contributed by atoms with Crippen molar-refractivity contribution in [2.75, 3.05) is 17.6 Å². The highest BCUT2D eigenvalue weighted by Gasteiger charge is 2.13. The molecule has 0 aliphatic rings. The zero-order valence-electron chi connectivity index (χ0n) is 11.9. The molecule has 106 valence electrons. The van der Waals surface area contributed by atoms with Gasteiger partial charge in [-0.1, -0.05) is 0 Å². The van der Waals surface area contributed by atoms with E-state index in [1.54, 1.807) is 13.0 Å². The summed E-state index contributed by atoms with van der Waals surface area (Å²) in [6, 6.07) is 2.93. The summed E-state index contributed by atoms with van der Waals surface area (Å²) < 4.78 is 13.2. The van der Waals surface area contributed by atoms with Crippen molar-refractivity contribution >= 4 is 17.3 Å². The van der Waals surface area contributed by atoms with E-state index in [1.165, 1.54) is 6.07 Å². The number of carbonyl (C=O) groups is 1. The number of nitrogen functional groups attached to an aromatic ring is 1. The van der Waals surface area contributed by atoms with Crippen molar-refractivity contribution in [3.8, 4) is 0 Å². The van der Waals surface area contributed by atoms with E-state index in [1.807, 2.05) is 20.8 Å². The molecule has 1 aromatic rings. The van der Waals surface area contributed by atoms with E-state index in [-0.39, 0.29) is 17.3 Å². The van der Waals surface area contributed by atoms with Gasteiger partial charge >= 0.3 is 0 Å². The Labute approximate surface area is 113 Å². The summed E-state index contributed by atoms with van der Waals surface area (Å²) in [5.74, 6) is -0.356. The molecule has 0 heterocycles. The first-order chi connectivity index (χ1) is 8.69. The van der Waals surface area contributed by atoms with Crippen LogP contribution < -0.4 is 16.4 Å². The van der Waals surface area contributed by atoms with Crippen molar-refractivity contribution in [3.05, 3.63) is 23.5 Å². The average molecular weight is 267 g/mol. The summed E-state index contributed by atoms with van der Waals surface area (Å²) in [6.45, 7) is 7.92. The van der Waals surface area contributed by atoms with Gasteiger partial charge in [0.25, 0.3) is 0 Å². The second-order valence-electron chi connectivity index (χ2n) is 5.66. The van der Waals surface area contributed by atoms with E-state index < -0.39 is 0 Å². The van der Waals surface area contributed by atoms with Crippen LogP contribution >= 0.6 is 0 Å². The Morgan fingerprint density at radius 1 is 1.37 bits per heavy atom. The molecule has 0 atom stereocenters. The number of amides is 1. The minimum atomic E-state index is -0.325. The second-order valence-corrected chi connectivity index (χ2v) is 5.66. The lowest BCUT2D eigenvalue weighted by atomic mass is 10.1. The molecule has 0 aromatic heterocycles. The molecule has 1 amide bonds. The van der Waals surface area contributed by atoms with Crippen molar-refractivity contribution in [1.82, 2.24) is 5.32 Å². The van der Waals surface area contributed by atoms with Gasteiger partial charge in [0.15, 0.2) is 0 Å². The first kappa shape index (κ1) is 15.3. The van der Waals surface area contributed by atoms with Gasteiger partial charge in [0, 0.05) is 18.5 Å². The van der Waals surface area contributed by atoms with Gasteiger partial charge in [-0.2, -0.15) is 0 Å². The van der Waals surface area contributed by atoms with Crippen LogP contribution in [0.4, 0.5) is 15.8 Å². The Morgan fingerprint density at radius 2 is 2.00 bits per heavy atom. The Bertz CT molecular complexity index is 466. The molecule has 0 bridgehead atoms. The number of benzene rings is 1. The zero-order valence-corrected chi connectivity index (χ0v) is 11.9. The van der Waals surface area contributed by atoms with E-state index in [2.05, 4.69) is 10.6 Å². The maximum Gasteiger partial charge on any atom is 0.222 e. The molecule has 4 nitrogen and oxygen atoms in total. The predicted octanol–water partition coefficient (Wildman–Crippen LogP) is 2.43. The fourth-order valence-corrected chi connectivity index (χ4v) is 1.64. The average Bonchev–Trinajstić information content (AvgIpc) is 2.22. The minimum absolute atomic E-state index is 0.0302. The molecule has 0 unspecified atom stereocenters. The van der Waals surface area contributed by atoms with E-state index in [0.717, 1.165) is 0 Å². The highest BCUT2D eigenvalue weighted by atomic mass is 19.1. The van der Waals surface area contributed by atoms with Crippen LogP contribution in [-0.2, 0) is 4.79 Å². The lowest BCUT2D eigenvalue weighted by Gasteiger charge is -2.20. The minimum Gasteiger partial charge on any atom is -0.397 e. The van der Waals surface area contributed by atoms with Gasteiger partial charge in [-0.05, 0) is 45.4 Å². The molecule has 4 N–H and O–H groups in total. The van der Waals surface area contributed by atoms with E-state index >= 15 is 0 Å². The Kier molecular flexibility index (Phi) is 4.75. The largest absolute Gasteiger partial charge is 0.397 e. The highest BCUT2D eigenvalue weighted by molar-refractivity contribution is 5.77. The van der Waals surface area contributed by atoms with Crippen molar-refractivity contribution in [2.45, 2.75) is 39.7 Å². The lowest BCUT2D eigenvalue weighted by Crippen LogP contribution is -2.41. The van der Waals surface area contributed by atoms with Crippen LogP contribution in [0.2, 0.25) is 0 Å². The standard InChI is InChI=1S/C14H22FN3O/c1-9-7-12(11(16)8-10(9)15)17-6-5-13(19)18-14(2,3)4/h7-8,17H,5-6,16H2,1-4H3,(H,18,19). The van der Waals surface area contributed by atoms with Crippen LogP contribution in [0.25, 0.3) is 0 Å². The SMILES string of the molecule is Cc1cc(NCCC(=O)NC(C)(C)C)c(N)cc1F. The number of nitrogens with two attached hydrogens (primary N) is 1. The molecule has 0 aliphatic heterocycles. The summed E-state index contributed by atoms with van der Waals surface area (Å²) in [6.07, 6.45) is 0.340. The normalized spacial score (nSPS) is 11.2. The number of anilines is 2. The molecule has 1 rings (SSSR count). The van der Waals surface area contributed by atoms with Gasteiger partial charge in [0.2, 0.25) is 5.91 Å². The Morgan fingerprint density at radius 3 is 2.58 bits per heavy atom. The Balaban J connectivity index is 2.50. The van der Waals surface area contributed by atoms with Gasteiger partial charge in [0.1, 0.15) is 5.82 Å². The van der Waals surface area contributed by atoms with Crippen LogP contribution in [0.5, 0.6) is 0 Å². The fraction of sp³-hybridized carbons (Fsp3) is 0.500. The summed E-state index contributed by atoms with van der Waals surface area (Å²) in [4.78, 5) is 11.6. The van der Waals surface area contributed by atoms with Crippen molar-refractivity contribution < 1.29 is 9.18 Å². The Hall–Kier alpha value is -1.78. The predicted molar refractivity (Wildman–Crippen MR) is 76.6 cm³/mol. The van der Waals surface area contributed by atoms with E-state index in [9.17, 15) is 9.18 Å². The van der Waals surface area contributed by atoms with Crippen LogP contribution in [0.15, 0.2) is 12.1 Å². The van der Waals surface area contributed by atoms with Crippen LogP contribution in [0.1, 0.15) is 32.8 Å². The van der Waals surface area contributed by atoms with Crippen LogP contribution in [-0.4, -0.2) is 18.0 Å². The van der Waals surface area contributed by atoms with Crippen LogP contribution in [0, 0.1) is 12.7 Å². The van der Waals surface area contributed by atoms with Crippen molar-refractivity contribution in [1.29, 1.82) is 0 Å². The lowest BCUT2D eigenvalue weighted by molar-refractivity contribution is -0.122. The molecule has 0 fully saturated rings. The topological polar surface area (TPSA) is 67.2 Å². The number of hydrogen-bond acceptors (Lipinski definition) is 3. The van der Waals surface area contributed by atoms with E-state index in [0.29, 0.717) is 29.9 Å². The summed E-state index contributed by atoms with van der Waals surface area (Å²) >= 11 is 0. The number of aryl methyl sites for hydroxylation is 1. The van der Waals surface area contributed by atoms with Gasteiger partial charge in [-0.25, -0.2) is 4.39 Å². The molecule has 0 aliphatic carbocycles. The first-order valence-corrected chi connectivity index (χ1v) is 6.29. The fourth-order valence-electron chi connectivity index (χ4n) is 1.64. The maximum atomic E-state index is 13.2. The van der Waals surface area contributed by atoms with Gasteiger partial charge < -0.3 is 16.4 Å². The maximum absolute atomic E-state index is 13.2. The number of halogens is 1. The number of nitrogens with one attached hydrogen (secondary N) is 2. The number of rotatable bonds is 4. The zero-order chi connectivity index (χ0) is 14.6. The monoisotopic (exact) mass is 267 g/mol. The molecule has 5 heteroatoms. The smallest absolute Gasteiger partial charge is 0.222 e. The van der Waals surface area contributed by atoms with Gasteiger partial charge in [-0.3, -0.25) is 4.79 Å². The van der Waals surface area contributed by atoms with Crippen LogP contribution in [0.3, 0.4) is 0 Å². The third-order valence-electron chi connectivity index (χ3n) is 2.51. The second kappa shape index (κ2) is 5.91. The van der Waals surface area contributed by atoms with E-state index in [4.69, 9.17) is 5.73 Å². The third kappa shape index (κ3) is 5.16. The first-order valence-electron chi connectivity index (χ1n) is 6.29. The molecule has 0 radical (unpaired) electrons. The molecule has 0 saturated heterocycles. The van der Waals surface area contributed by atoms with Gasteiger partial charge in [0.05, 0.1) is 11.4 Å².